The number of imidazole rings is 1. The zero-order valence-corrected chi connectivity index (χ0v) is 23.5. The number of rotatable bonds is 9. The van der Waals surface area contributed by atoms with Gasteiger partial charge in [-0.3, -0.25) is 14.9 Å². The number of nitro groups is 1. The molecule has 0 aliphatic rings. The standard InChI is InChI=1S/C29H23F3N6O4S/c1-17-13-19(15-33-36-27(39)16-43-28-34-23-5-3-4-6-24(23)35-28)18(2)37(17)21-8-10-22(11-9-21)42-26-12-7-20(29(30,31)32)14-25(26)38(40)41/h3-15H,16H2,1-2H3,(H,34,35)(H,36,39)/b33-15-. The molecule has 0 unspecified atom stereocenters. The summed E-state index contributed by atoms with van der Waals surface area (Å²) in [4.78, 5) is 30.3. The number of nitro benzene ring substituents is 1. The van der Waals surface area contributed by atoms with Crippen LogP contribution in [0.15, 0.2) is 83.1 Å². The van der Waals surface area contributed by atoms with Crippen molar-refractivity contribution in [1.29, 1.82) is 0 Å². The number of hydrazone groups is 1. The van der Waals surface area contributed by atoms with Gasteiger partial charge in [-0.15, -0.1) is 0 Å². The minimum atomic E-state index is -4.72. The summed E-state index contributed by atoms with van der Waals surface area (Å²) >= 11 is 1.27. The minimum absolute atomic E-state index is 0.125. The Morgan fingerprint density at radius 1 is 1.14 bits per heavy atom. The largest absolute Gasteiger partial charge is 0.450 e. The van der Waals surface area contributed by atoms with E-state index in [9.17, 15) is 28.1 Å². The van der Waals surface area contributed by atoms with Crippen LogP contribution in [0.4, 0.5) is 18.9 Å². The third-order valence-electron chi connectivity index (χ3n) is 6.38. The highest BCUT2D eigenvalue weighted by atomic mass is 32.2. The Hall–Kier alpha value is -5.11. The van der Waals surface area contributed by atoms with Crippen LogP contribution in [0.2, 0.25) is 0 Å². The quantitative estimate of drug-likeness (QED) is 0.0808. The molecule has 0 aliphatic carbocycles. The summed E-state index contributed by atoms with van der Waals surface area (Å²) in [6.07, 6.45) is -3.17. The van der Waals surface area contributed by atoms with Crippen molar-refractivity contribution in [2.75, 3.05) is 5.75 Å². The Kier molecular flexibility index (Phi) is 8.21. The molecule has 1 amide bonds. The summed E-state index contributed by atoms with van der Waals surface area (Å²) in [5, 5.41) is 16.1. The number of thioether (sulfide) groups is 1. The number of hydrogen-bond donors (Lipinski definition) is 2. The van der Waals surface area contributed by atoms with Crippen LogP contribution in [0, 0.1) is 24.0 Å². The maximum Gasteiger partial charge on any atom is 0.416 e. The highest BCUT2D eigenvalue weighted by Crippen LogP contribution is 2.38. The summed E-state index contributed by atoms with van der Waals surface area (Å²) in [5.41, 5.74) is 5.52. The first kappa shape index (κ1) is 29.4. The third kappa shape index (κ3) is 6.70. The number of hydrogen-bond acceptors (Lipinski definition) is 7. The highest BCUT2D eigenvalue weighted by molar-refractivity contribution is 7.99. The van der Waals surface area contributed by atoms with E-state index in [1.165, 1.54) is 11.8 Å². The van der Waals surface area contributed by atoms with E-state index in [2.05, 4.69) is 20.5 Å². The van der Waals surface area contributed by atoms with E-state index in [-0.39, 0.29) is 23.2 Å². The number of carbonyl (C=O) groups excluding carboxylic acids is 1. The van der Waals surface area contributed by atoms with Crippen molar-refractivity contribution in [3.8, 4) is 17.2 Å². The van der Waals surface area contributed by atoms with Gasteiger partial charge in [-0.05, 0) is 68.4 Å². The lowest BCUT2D eigenvalue weighted by molar-refractivity contribution is -0.385. The van der Waals surface area contributed by atoms with E-state index >= 15 is 0 Å². The average Bonchev–Trinajstić information content (AvgIpc) is 3.51. The summed E-state index contributed by atoms with van der Waals surface area (Å²) < 4.78 is 46.5. The molecule has 2 N–H and O–H groups in total. The number of aromatic nitrogens is 3. The number of halogens is 3. The summed E-state index contributed by atoms with van der Waals surface area (Å²) in [7, 11) is 0. The van der Waals surface area contributed by atoms with E-state index in [0.29, 0.717) is 11.2 Å². The maximum atomic E-state index is 13.0. The van der Waals surface area contributed by atoms with Crippen LogP contribution in [0.25, 0.3) is 16.7 Å². The van der Waals surface area contributed by atoms with E-state index in [4.69, 9.17) is 4.74 Å². The number of H-pyrrole nitrogens is 1. The molecule has 220 valence electrons. The molecule has 0 saturated heterocycles. The number of alkyl halides is 3. The number of para-hydroxylation sites is 2. The molecule has 2 heterocycles. The van der Waals surface area contributed by atoms with Gasteiger partial charge in [-0.25, -0.2) is 10.4 Å². The molecule has 10 nitrogen and oxygen atoms in total. The van der Waals surface area contributed by atoms with Gasteiger partial charge in [-0.1, -0.05) is 23.9 Å². The molecule has 0 fully saturated rings. The number of ether oxygens (including phenoxy) is 1. The lowest BCUT2D eigenvalue weighted by Crippen LogP contribution is -2.19. The number of benzene rings is 3. The van der Waals surface area contributed by atoms with Crippen LogP contribution in [0.5, 0.6) is 11.5 Å². The molecule has 0 spiro atoms. The maximum absolute atomic E-state index is 13.0. The molecule has 0 radical (unpaired) electrons. The first-order valence-electron chi connectivity index (χ1n) is 12.7. The van der Waals surface area contributed by atoms with Gasteiger partial charge in [0.2, 0.25) is 5.75 Å². The van der Waals surface area contributed by atoms with Gasteiger partial charge in [-0.2, -0.15) is 18.3 Å². The first-order valence-corrected chi connectivity index (χ1v) is 13.7. The number of aryl methyl sites for hydroxylation is 1. The summed E-state index contributed by atoms with van der Waals surface area (Å²) in [6, 6.07) is 18.1. The van der Waals surface area contributed by atoms with E-state index in [0.717, 1.165) is 45.8 Å². The monoisotopic (exact) mass is 608 g/mol. The van der Waals surface area contributed by atoms with Crippen molar-refractivity contribution in [3.05, 3.63) is 105 Å². The molecule has 43 heavy (non-hydrogen) atoms. The van der Waals surface area contributed by atoms with Crippen molar-refractivity contribution >= 4 is 40.6 Å². The number of amides is 1. The van der Waals surface area contributed by atoms with Crippen LogP contribution < -0.4 is 10.2 Å². The van der Waals surface area contributed by atoms with Crippen molar-refractivity contribution in [2.45, 2.75) is 25.2 Å². The molecular formula is C29H23F3N6O4S. The van der Waals surface area contributed by atoms with Gasteiger partial charge in [0.15, 0.2) is 5.16 Å². The molecule has 0 aliphatic heterocycles. The number of nitrogens with zero attached hydrogens (tertiary/aromatic N) is 4. The fourth-order valence-corrected chi connectivity index (χ4v) is 5.04. The molecule has 0 atom stereocenters. The lowest BCUT2D eigenvalue weighted by atomic mass is 10.2. The molecule has 5 aromatic rings. The second-order valence-corrected chi connectivity index (χ2v) is 10.3. The van der Waals surface area contributed by atoms with E-state index < -0.39 is 22.4 Å². The fraction of sp³-hybridized carbons (Fsp3) is 0.138. The van der Waals surface area contributed by atoms with Gasteiger partial charge in [0.1, 0.15) is 5.75 Å². The van der Waals surface area contributed by atoms with Crippen LogP contribution in [0.1, 0.15) is 22.5 Å². The number of carbonyl (C=O) groups is 1. The predicted octanol–water partition coefficient (Wildman–Crippen LogP) is 6.93. The average molecular weight is 609 g/mol. The molecule has 2 aromatic heterocycles. The molecule has 0 saturated carbocycles. The first-order chi connectivity index (χ1) is 20.5. The Morgan fingerprint density at radius 2 is 1.88 bits per heavy atom. The van der Waals surface area contributed by atoms with E-state index in [1.54, 1.807) is 30.5 Å². The second kappa shape index (κ2) is 12.0. The normalized spacial score (nSPS) is 11.7. The van der Waals surface area contributed by atoms with Crippen molar-refractivity contribution in [3.63, 3.8) is 0 Å². The Morgan fingerprint density at radius 3 is 2.58 bits per heavy atom. The smallest absolute Gasteiger partial charge is 0.416 e. The van der Waals surface area contributed by atoms with Gasteiger partial charge in [0.25, 0.3) is 5.91 Å². The Balaban J connectivity index is 1.23. The van der Waals surface area contributed by atoms with Gasteiger partial charge < -0.3 is 14.3 Å². The fourth-order valence-electron chi connectivity index (χ4n) is 4.37. The number of fused-ring (bicyclic) bond motifs is 1. The Bertz CT molecular complexity index is 1810. The molecule has 0 bridgehead atoms. The zero-order valence-electron chi connectivity index (χ0n) is 22.7. The van der Waals surface area contributed by atoms with Gasteiger partial charge in [0, 0.05) is 28.7 Å². The number of nitrogens with one attached hydrogen (secondary N) is 2. The lowest BCUT2D eigenvalue weighted by Gasteiger charge is -2.12. The second-order valence-electron chi connectivity index (χ2n) is 9.34. The third-order valence-corrected chi connectivity index (χ3v) is 7.25. The van der Waals surface area contributed by atoms with Gasteiger partial charge in [0.05, 0.1) is 33.5 Å². The minimum Gasteiger partial charge on any atom is -0.450 e. The molecule has 14 heteroatoms. The van der Waals surface area contributed by atoms with Crippen molar-refractivity contribution < 1.29 is 27.6 Å². The highest BCUT2D eigenvalue weighted by Gasteiger charge is 2.33. The van der Waals surface area contributed by atoms with Crippen LogP contribution in [-0.4, -0.2) is 37.3 Å². The summed E-state index contributed by atoms with van der Waals surface area (Å²) in [5.74, 6) is -0.269. The SMILES string of the molecule is Cc1cc(/C=N\NC(=O)CSc2nc3ccccc3[nH]2)c(C)n1-c1ccc(Oc2ccc(C(F)(F)F)cc2[N+](=O)[O-])cc1. The van der Waals surface area contributed by atoms with Crippen molar-refractivity contribution in [1.82, 2.24) is 20.0 Å². The van der Waals surface area contributed by atoms with Gasteiger partial charge >= 0.3 is 11.9 Å². The molecule has 3 aromatic carbocycles. The van der Waals surface area contributed by atoms with Crippen molar-refractivity contribution in [2.24, 2.45) is 5.10 Å². The number of aromatic amines is 1. The van der Waals surface area contributed by atoms with Crippen LogP contribution in [-0.2, 0) is 11.0 Å². The molecule has 5 rings (SSSR count). The topological polar surface area (TPSA) is 127 Å². The summed E-state index contributed by atoms with van der Waals surface area (Å²) in [6.45, 7) is 3.77. The van der Waals surface area contributed by atoms with E-state index in [1.807, 2.05) is 48.7 Å². The molecular weight excluding hydrogens is 585 g/mol. The van der Waals surface area contributed by atoms with Crippen LogP contribution >= 0.6 is 11.8 Å². The Labute approximate surface area is 246 Å². The zero-order chi connectivity index (χ0) is 30.7. The van der Waals surface area contributed by atoms with Crippen LogP contribution in [0.3, 0.4) is 0 Å². The predicted molar refractivity (Wildman–Crippen MR) is 156 cm³/mol.